The van der Waals surface area contributed by atoms with Crippen LogP contribution in [0.5, 0.6) is 0 Å². The summed E-state index contributed by atoms with van der Waals surface area (Å²) in [6.07, 6.45) is -0.0395. The van der Waals surface area contributed by atoms with Crippen molar-refractivity contribution >= 4 is 11.7 Å². The van der Waals surface area contributed by atoms with Crippen molar-refractivity contribution in [3.05, 3.63) is 29.8 Å². The van der Waals surface area contributed by atoms with E-state index in [1.54, 1.807) is 13.8 Å². The monoisotopic (exact) mass is 251 g/mol. The third-order valence-electron chi connectivity index (χ3n) is 2.80. The maximum Gasteiger partial charge on any atom is 0.309 e. The molecule has 0 amide bonds. The highest BCUT2D eigenvalue weighted by Gasteiger charge is 2.27. The molecular weight excluding hydrogens is 230 g/mol. The number of nitrogens with zero attached hydrogens (tertiary/aromatic N) is 1. The van der Waals surface area contributed by atoms with Gasteiger partial charge in [-0.1, -0.05) is 12.1 Å². The maximum atomic E-state index is 11.4. The largest absolute Gasteiger partial charge is 0.466 e. The van der Waals surface area contributed by atoms with Crippen LogP contribution in [-0.4, -0.2) is 31.8 Å². The standard InChI is InChI=1S/C14H21NO3/c1-5-18-13(16)10-14(2,17)11-6-8-12(9-7-11)15(3)4/h6-9,17H,5,10H2,1-4H3. The van der Waals surface area contributed by atoms with Crippen LogP contribution in [0.25, 0.3) is 0 Å². The zero-order valence-electron chi connectivity index (χ0n) is 11.4. The van der Waals surface area contributed by atoms with E-state index in [9.17, 15) is 9.90 Å². The van der Waals surface area contributed by atoms with Gasteiger partial charge < -0.3 is 14.7 Å². The predicted octanol–water partition coefficient (Wildman–Crippen LogP) is 1.91. The molecular formula is C14H21NO3. The Bertz CT molecular complexity index is 396. The topological polar surface area (TPSA) is 49.8 Å². The molecule has 0 radical (unpaired) electrons. The van der Waals surface area contributed by atoms with Gasteiger partial charge in [-0.15, -0.1) is 0 Å². The number of carbonyl (C=O) groups is 1. The van der Waals surface area contributed by atoms with Crippen molar-refractivity contribution in [1.29, 1.82) is 0 Å². The van der Waals surface area contributed by atoms with E-state index in [1.165, 1.54) is 0 Å². The molecule has 1 aromatic rings. The van der Waals surface area contributed by atoms with E-state index in [2.05, 4.69) is 0 Å². The van der Waals surface area contributed by atoms with Gasteiger partial charge in [0.2, 0.25) is 0 Å². The van der Waals surface area contributed by atoms with E-state index in [4.69, 9.17) is 4.74 Å². The zero-order chi connectivity index (χ0) is 13.8. The number of esters is 1. The van der Waals surface area contributed by atoms with Crippen molar-refractivity contribution in [2.45, 2.75) is 25.9 Å². The molecule has 0 aromatic heterocycles. The highest BCUT2D eigenvalue weighted by atomic mass is 16.5. The van der Waals surface area contributed by atoms with Crippen molar-refractivity contribution in [3.63, 3.8) is 0 Å². The fourth-order valence-corrected chi connectivity index (χ4v) is 1.71. The van der Waals surface area contributed by atoms with Gasteiger partial charge in [0.05, 0.1) is 18.6 Å². The Labute approximate surface area is 108 Å². The lowest BCUT2D eigenvalue weighted by Crippen LogP contribution is -2.26. The van der Waals surface area contributed by atoms with Gasteiger partial charge in [-0.25, -0.2) is 0 Å². The quantitative estimate of drug-likeness (QED) is 0.812. The molecule has 0 aliphatic carbocycles. The van der Waals surface area contributed by atoms with Gasteiger partial charge in [-0.3, -0.25) is 4.79 Å². The second-order valence-electron chi connectivity index (χ2n) is 4.70. The van der Waals surface area contributed by atoms with Crippen LogP contribution < -0.4 is 4.90 Å². The number of ether oxygens (including phenoxy) is 1. The summed E-state index contributed by atoms with van der Waals surface area (Å²) in [7, 11) is 3.90. The number of hydrogen-bond donors (Lipinski definition) is 1. The average Bonchev–Trinajstić information content (AvgIpc) is 2.28. The fourth-order valence-electron chi connectivity index (χ4n) is 1.71. The van der Waals surface area contributed by atoms with E-state index in [0.717, 1.165) is 5.69 Å². The van der Waals surface area contributed by atoms with Crippen LogP contribution in [0.1, 0.15) is 25.8 Å². The lowest BCUT2D eigenvalue weighted by atomic mass is 9.92. The Kier molecular flexibility index (Phi) is 4.73. The molecule has 1 atom stereocenters. The summed E-state index contributed by atoms with van der Waals surface area (Å²) in [6.45, 7) is 3.70. The van der Waals surface area contributed by atoms with Gasteiger partial charge in [0.25, 0.3) is 0 Å². The first-order chi connectivity index (χ1) is 8.36. The second kappa shape index (κ2) is 5.87. The number of rotatable bonds is 5. The second-order valence-corrected chi connectivity index (χ2v) is 4.70. The number of benzene rings is 1. The average molecular weight is 251 g/mol. The van der Waals surface area contributed by atoms with E-state index in [-0.39, 0.29) is 12.4 Å². The Morgan fingerprint density at radius 3 is 2.33 bits per heavy atom. The van der Waals surface area contributed by atoms with E-state index in [0.29, 0.717) is 12.2 Å². The van der Waals surface area contributed by atoms with Crippen LogP contribution in [0, 0.1) is 0 Å². The third-order valence-corrected chi connectivity index (χ3v) is 2.80. The number of aliphatic hydroxyl groups is 1. The summed E-state index contributed by atoms with van der Waals surface area (Å²) in [5.41, 5.74) is 0.559. The van der Waals surface area contributed by atoms with Crippen LogP contribution in [0.3, 0.4) is 0 Å². The number of hydrogen-bond acceptors (Lipinski definition) is 4. The molecule has 4 heteroatoms. The molecule has 1 N–H and O–H groups in total. The normalized spacial score (nSPS) is 13.8. The molecule has 18 heavy (non-hydrogen) atoms. The van der Waals surface area contributed by atoms with Crippen LogP contribution in [0.2, 0.25) is 0 Å². The molecule has 0 aliphatic heterocycles. The van der Waals surface area contributed by atoms with Crippen LogP contribution in [0.4, 0.5) is 5.69 Å². The summed E-state index contributed by atoms with van der Waals surface area (Å²) in [4.78, 5) is 13.4. The highest BCUT2D eigenvalue weighted by molar-refractivity contribution is 5.71. The summed E-state index contributed by atoms with van der Waals surface area (Å²) >= 11 is 0. The minimum absolute atomic E-state index is 0.0395. The van der Waals surface area contributed by atoms with Crippen molar-refractivity contribution in [3.8, 4) is 0 Å². The first-order valence-corrected chi connectivity index (χ1v) is 6.02. The Hall–Kier alpha value is -1.55. The lowest BCUT2D eigenvalue weighted by molar-refractivity contribution is -0.148. The minimum Gasteiger partial charge on any atom is -0.466 e. The van der Waals surface area contributed by atoms with E-state index < -0.39 is 5.60 Å². The molecule has 0 fully saturated rings. The van der Waals surface area contributed by atoms with Crippen molar-refractivity contribution in [2.75, 3.05) is 25.6 Å². The first kappa shape index (κ1) is 14.5. The lowest BCUT2D eigenvalue weighted by Gasteiger charge is -2.23. The molecule has 1 aromatic carbocycles. The molecule has 100 valence electrons. The molecule has 0 bridgehead atoms. The number of anilines is 1. The smallest absolute Gasteiger partial charge is 0.309 e. The molecule has 0 aliphatic rings. The van der Waals surface area contributed by atoms with Gasteiger partial charge in [-0.2, -0.15) is 0 Å². The molecule has 4 nitrogen and oxygen atoms in total. The Balaban J connectivity index is 2.81. The Morgan fingerprint density at radius 1 is 1.33 bits per heavy atom. The van der Waals surface area contributed by atoms with Gasteiger partial charge in [0.15, 0.2) is 0 Å². The van der Waals surface area contributed by atoms with Crippen LogP contribution >= 0.6 is 0 Å². The third kappa shape index (κ3) is 3.74. The van der Waals surface area contributed by atoms with Crippen LogP contribution in [-0.2, 0) is 15.1 Å². The highest BCUT2D eigenvalue weighted by Crippen LogP contribution is 2.26. The summed E-state index contributed by atoms with van der Waals surface area (Å²) in [5, 5.41) is 10.3. The van der Waals surface area contributed by atoms with Gasteiger partial charge in [-0.05, 0) is 31.5 Å². The Morgan fingerprint density at radius 2 is 1.89 bits per heavy atom. The predicted molar refractivity (Wildman–Crippen MR) is 71.6 cm³/mol. The minimum atomic E-state index is -1.20. The molecule has 0 saturated heterocycles. The first-order valence-electron chi connectivity index (χ1n) is 6.02. The molecule has 1 unspecified atom stereocenters. The van der Waals surface area contributed by atoms with E-state index in [1.807, 2.05) is 43.3 Å². The van der Waals surface area contributed by atoms with Crippen molar-refractivity contribution in [2.24, 2.45) is 0 Å². The molecule has 0 spiro atoms. The summed E-state index contributed by atoms with van der Waals surface area (Å²) < 4.78 is 4.85. The summed E-state index contributed by atoms with van der Waals surface area (Å²) in [5.74, 6) is -0.390. The zero-order valence-corrected chi connectivity index (χ0v) is 11.4. The van der Waals surface area contributed by atoms with Crippen molar-refractivity contribution < 1.29 is 14.6 Å². The molecule has 0 saturated carbocycles. The van der Waals surface area contributed by atoms with Crippen LogP contribution in [0.15, 0.2) is 24.3 Å². The van der Waals surface area contributed by atoms with Gasteiger partial charge in [0.1, 0.15) is 0 Å². The summed E-state index contributed by atoms with van der Waals surface area (Å²) in [6, 6.07) is 7.48. The molecule has 0 heterocycles. The van der Waals surface area contributed by atoms with Gasteiger partial charge >= 0.3 is 5.97 Å². The van der Waals surface area contributed by atoms with Crippen molar-refractivity contribution in [1.82, 2.24) is 0 Å². The fraction of sp³-hybridized carbons (Fsp3) is 0.500. The van der Waals surface area contributed by atoms with E-state index >= 15 is 0 Å². The molecule has 1 rings (SSSR count). The van der Waals surface area contributed by atoms with Gasteiger partial charge in [0, 0.05) is 19.8 Å². The number of carbonyl (C=O) groups excluding carboxylic acids is 1. The maximum absolute atomic E-state index is 11.4. The SMILES string of the molecule is CCOC(=O)CC(C)(O)c1ccc(N(C)C)cc1.